The molecule has 0 unspecified atom stereocenters. The van der Waals surface area contributed by atoms with Crippen LogP contribution in [0.3, 0.4) is 0 Å². The second-order valence-corrected chi connectivity index (χ2v) is 10.2. The Hall–Kier alpha value is -2.35. The maximum atomic E-state index is 4.90. The highest BCUT2D eigenvalue weighted by Crippen LogP contribution is 2.20. The molecule has 0 aliphatic heterocycles. The van der Waals surface area contributed by atoms with Gasteiger partial charge in [-0.1, -0.05) is 152 Å². The molecule has 190 valence electrons. The molecule has 2 heteroatoms. The molecular weight excluding hydrogens is 424 g/mol. The summed E-state index contributed by atoms with van der Waals surface area (Å²) in [6, 6.07) is 19.0. The molecular formula is C33H48N2. The lowest BCUT2D eigenvalue weighted by Crippen LogP contribution is -2.00. The highest BCUT2D eigenvalue weighted by atomic mass is 15.1. The fourth-order valence-electron chi connectivity index (χ4n) is 5.01. The van der Waals surface area contributed by atoms with Crippen molar-refractivity contribution in [1.29, 1.82) is 0 Å². The molecule has 3 rings (SSSR count). The molecule has 0 radical (unpaired) electrons. The van der Waals surface area contributed by atoms with Gasteiger partial charge >= 0.3 is 0 Å². The Morgan fingerprint density at radius 1 is 0.571 bits per heavy atom. The van der Waals surface area contributed by atoms with E-state index in [4.69, 9.17) is 4.98 Å². The molecule has 1 aromatic heterocycles. The van der Waals surface area contributed by atoms with Crippen LogP contribution in [0, 0.1) is 0 Å². The van der Waals surface area contributed by atoms with Crippen LogP contribution < -0.4 is 0 Å². The third kappa shape index (κ3) is 10.4. The summed E-state index contributed by atoms with van der Waals surface area (Å²) in [6.07, 6.45) is 26.9. The van der Waals surface area contributed by atoms with Crippen molar-refractivity contribution in [1.82, 2.24) is 9.55 Å². The number of imidazole rings is 1. The standard InChI is InChI=1S/C33H48N2/c1-2-3-4-5-6-7-8-9-10-11-12-13-14-15-16-22-29-35-32-26-21-20-25-31(32)34-33(35)28-27-30-23-18-17-19-24-30/h17-21,23-28H,2-16,22,29H2,1H3/b28-27+. The highest BCUT2D eigenvalue weighted by molar-refractivity contribution is 5.79. The minimum Gasteiger partial charge on any atom is -0.324 e. The SMILES string of the molecule is CCCCCCCCCCCCCCCCCCn1c(/C=C/c2ccccc2)nc2ccccc21. The van der Waals surface area contributed by atoms with Crippen LogP contribution in [-0.4, -0.2) is 9.55 Å². The number of hydrogen-bond donors (Lipinski definition) is 0. The van der Waals surface area contributed by atoms with E-state index in [1.807, 2.05) is 0 Å². The van der Waals surface area contributed by atoms with Crippen molar-refractivity contribution in [3.05, 3.63) is 66.0 Å². The molecule has 0 N–H and O–H groups in total. The molecule has 0 aliphatic rings. The lowest BCUT2D eigenvalue weighted by Gasteiger charge is -2.07. The van der Waals surface area contributed by atoms with Crippen molar-refractivity contribution in [2.45, 2.75) is 116 Å². The largest absolute Gasteiger partial charge is 0.324 e. The third-order valence-electron chi connectivity index (χ3n) is 7.14. The van der Waals surface area contributed by atoms with Crippen LogP contribution in [-0.2, 0) is 6.54 Å². The van der Waals surface area contributed by atoms with Crippen molar-refractivity contribution >= 4 is 23.2 Å². The number of aryl methyl sites for hydroxylation is 1. The van der Waals surface area contributed by atoms with E-state index in [1.165, 1.54) is 114 Å². The molecule has 0 atom stereocenters. The van der Waals surface area contributed by atoms with Crippen LogP contribution >= 0.6 is 0 Å². The van der Waals surface area contributed by atoms with E-state index >= 15 is 0 Å². The lowest BCUT2D eigenvalue weighted by atomic mass is 10.0. The maximum Gasteiger partial charge on any atom is 0.133 e. The zero-order valence-corrected chi connectivity index (χ0v) is 22.3. The molecule has 0 saturated heterocycles. The number of nitrogens with zero attached hydrogens (tertiary/aromatic N) is 2. The summed E-state index contributed by atoms with van der Waals surface area (Å²) in [5.41, 5.74) is 3.56. The van der Waals surface area contributed by atoms with Gasteiger partial charge in [-0.15, -0.1) is 0 Å². The van der Waals surface area contributed by atoms with Crippen LogP contribution in [0.1, 0.15) is 121 Å². The van der Waals surface area contributed by atoms with Crippen LogP contribution in [0.4, 0.5) is 0 Å². The maximum absolute atomic E-state index is 4.90. The topological polar surface area (TPSA) is 17.8 Å². The lowest BCUT2D eigenvalue weighted by molar-refractivity contribution is 0.522. The first-order chi connectivity index (χ1) is 17.4. The van der Waals surface area contributed by atoms with Gasteiger partial charge in [0.2, 0.25) is 0 Å². The number of fused-ring (bicyclic) bond motifs is 1. The van der Waals surface area contributed by atoms with Crippen molar-refractivity contribution in [2.24, 2.45) is 0 Å². The van der Waals surface area contributed by atoms with E-state index < -0.39 is 0 Å². The Morgan fingerprint density at radius 2 is 1.09 bits per heavy atom. The van der Waals surface area contributed by atoms with Crippen molar-refractivity contribution in [3.63, 3.8) is 0 Å². The fraction of sp³-hybridized carbons (Fsp3) is 0.545. The van der Waals surface area contributed by atoms with Crippen molar-refractivity contribution in [2.75, 3.05) is 0 Å². The fourth-order valence-corrected chi connectivity index (χ4v) is 5.01. The molecule has 0 saturated carbocycles. The predicted octanol–water partition coefficient (Wildman–Crippen LogP) is 10.5. The average Bonchev–Trinajstić information content (AvgIpc) is 3.25. The number of hydrogen-bond acceptors (Lipinski definition) is 1. The van der Waals surface area contributed by atoms with E-state index in [0.29, 0.717) is 0 Å². The van der Waals surface area contributed by atoms with Crippen molar-refractivity contribution < 1.29 is 0 Å². The Labute approximate surface area is 214 Å². The van der Waals surface area contributed by atoms with E-state index in [2.05, 4.69) is 78.2 Å². The molecule has 3 aromatic rings. The Balaban J connectivity index is 1.28. The number of unbranched alkanes of at least 4 members (excludes halogenated alkanes) is 15. The third-order valence-corrected chi connectivity index (χ3v) is 7.14. The molecule has 0 fully saturated rings. The van der Waals surface area contributed by atoms with Gasteiger partial charge in [0.05, 0.1) is 11.0 Å². The van der Waals surface area contributed by atoms with E-state index in [1.54, 1.807) is 0 Å². The van der Waals surface area contributed by atoms with E-state index in [-0.39, 0.29) is 0 Å². The number of aromatic nitrogens is 2. The van der Waals surface area contributed by atoms with Gasteiger partial charge in [-0.2, -0.15) is 0 Å². The smallest absolute Gasteiger partial charge is 0.133 e. The van der Waals surface area contributed by atoms with Gasteiger partial charge in [0.25, 0.3) is 0 Å². The zero-order valence-electron chi connectivity index (χ0n) is 22.3. The van der Waals surface area contributed by atoms with Crippen LogP contribution in [0.25, 0.3) is 23.2 Å². The van der Waals surface area contributed by atoms with Crippen molar-refractivity contribution in [3.8, 4) is 0 Å². The summed E-state index contributed by atoms with van der Waals surface area (Å²) in [4.78, 5) is 4.90. The minimum atomic E-state index is 1.05. The van der Waals surface area contributed by atoms with Crippen LogP contribution in [0.15, 0.2) is 54.6 Å². The summed E-state index contributed by atoms with van der Waals surface area (Å²) < 4.78 is 2.40. The van der Waals surface area contributed by atoms with Gasteiger partial charge in [0, 0.05) is 6.54 Å². The molecule has 0 amide bonds. The summed E-state index contributed by atoms with van der Waals surface area (Å²) in [6.45, 7) is 3.35. The highest BCUT2D eigenvalue weighted by Gasteiger charge is 2.07. The van der Waals surface area contributed by atoms with Gasteiger partial charge in [-0.25, -0.2) is 4.98 Å². The molecule has 0 spiro atoms. The molecule has 2 aromatic carbocycles. The Kier molecular flexibility index (Phi) is 13.3. The molecule has 1 heterocycles. The monoisotopic (exact) mass is 472 g/mol. The van der Waals surface area contributed by atoms with E-state index in [0.717, 1.165) is 17.9 Å². The molecule has 0 aliphatic carbocycles. The first kappa shape index (κ1) is 27.2. The number of rotatable bonds is 19. The Morgan fingerprint density at radius 3 is 1.69 bits per heavy atom. The summed E-state index contributed by atoms with van der Waals surface area (Å²) in [5, 5.41) is 0. The van der Waals surface area contributed by atoms with Gasteiger partial charge < -0.3 is 4.57 Å². The van der Waals surface area contributed by atoms with Gasteiger partial charge in [-0.3, -0.25) is 0 Å². The van der Waals surface area contributed by atoms with E-state index in [9.17, 15) is 0 Å². The second kappa shape index (κ2) is 17.1. The summed E-state index contributed by atoms with van der Waals surface area (Å²) in [5.74, 6) is 1.07. The predicted molar refractivity (Wildman–Crippen MR) is 155 cm³/mol. The van der Waals surface area contributed by atoms with Gasteiger partial charge in [-0.05, 0) is 30.2 Å². The first-order valence-corrected chi connectivity index (χ1v) is 14.6. The molecule has 35 heavy (non-hydrogen) atoms. The number of benzene rings is 2. The summed E-state index contributed by atoms with van der Waals surface area (Å²) in [7, 11) is 0. The first-order valence-electron chi connectivity index (χ1n) is 14.6. The van der Waals surface area contributed by atoms with Crippen LogP contribution in [0.5, 0.6) is 0 Å². The Bertz CT molecular complexity index is 954. The quantitative estimate of drug-likeness (QED) is 0.159. The molecule has 2 nitrogen and oxygen atoms in total. The van der Waals surface area contributed by atoms with Gasteiger partial charge in [0.15, 0.2) is 0 Å². The second-order valence-electron chi connectivity index (χ2n) is 10.2. The zero-order chi connectivity index (χ0) is 24.4. The van der Waals surface area contributed by atoms with Crippen LogP contribution in [0.2, 0.25) is 0 Å². The minimum absolute atomic E-state index is 1.05. The summed E-state index contributed by atoms with van der Waals surface area (Å²) >= 11 is 0. The normalized spacial score (nSPS) is 11.7. The average molecular weight is 473 g/mol. The number of para-hydroxylation sites is 2. The van der Waals surface area contributed by atoms with Gasteiger partial charge in [0.1, 0.15) is 5.82 Å². The molecule has 0 bridgehead atoms.